The average molecular weight is 286 g/mol. The lowest BCUT2D eigenvalue weighted by molar-refractivity contribution is -0.149. The molecule has 0 radical (unpaired) electrons. The number of unbranched alkanes of at least 4 members (excludes halogenated alkanes) is 1. The number of morpholine rings is 1. The fraction of sp³-hybridized carbons (Fsp3) is 0.933. The minimum absolute atomic E-state index is 0.298. The Hall–Kier alpha value is -0.650. The van der Waals surface area contributed by atoms with Crippen LogP contribution in [0.3, 0.4) is 0 Å². The maximum absolute atomic E-state index is 11.7. The Labute approximate surface area is 122 Å². The van der Waals surface area contributed by atoms with Gasteiger partial charge in [-0.05, 0) is 53.5 Å². The molecule has 1 rings (SSSR count). The van der Waals surface area contributed by atoms with Gasteiger partial charge < -0.3 is 15.2 Å². The van der Waals surface area contributed by atoms with Crippen LogP contribution in [0.5, 0.6) is 0 Å². The van der Waals surface area contributed by atoms with Gasteiger partial charge in [-0.3, -0.25) is 9.69 Å². The number of carbonyl (C=O) groups excluding carboxylic acids is 1. The van der Waals surface area contributed by atoms with Crippen LogP contribution in [0.4, 0.5) is 0 Å². The molecule has 0 spiro atoms. The third-order valence-electron chi connectivity index (χ3n) is 3.66. The summed E-state index contributed by atoms with van der Waals surface area (Å²) in [5.74, 6) is -0.298. The fourth-order valence-corrected chi connectivity index (χ4v) is 2.69. The van der Waals surface area contributed by atoms with Crippen molar-refractivity contribution >= 4 is 5.97 Å². The van der Waals surface area contributed by atoms with Crippen LogP contribution in [-0.2, 0) is 14.3 Å². The summed E-state index contributed by atoms with van der Waals surface area (Å²) < 4.78 is 10.7. The highest BCUT2D eigenvalue weighted by atomic mass is 16.5. The maximum atomic E-state index is 11.7. The smallest absolute Gasteiger partial charge is 0.325 e. The van der Waals surface area contributed by atoms with Crippen molar-refractivity contribution in [3.8, 4) is 0 Å². The predicted molar refractivity (Wildman–Crippen MR) is 79.5 cm³/mol. The van der Waals surface area contributed by atoms with Crippen LogP contribution < -0.4 is 5.73 Å². The van der Waals surface area contributed by atoms with Gasteiger partial charge in [-0.15, -0.1) is 0 Å². The highest BCUT2D eigenvalue weighted by Gasteiger charge is 2.29. The molecule has 0 aromatic carbocycles. The highest BCUT2D eigenvalue weighted by Crippen LogP contribution is 2.15. The summed E-state index contributed by atoms with van der Waals surface area (Å²) in [6, 6.07) is 0. The van der Waals surface area contributed by atoms with E-state index in [0.29, 0.717) is 25.2 Å². The molecule has 0 aromatic heterocycles. The van der Waals surface area contributed by atoms with Crippen molar-refractivity contribution in [2.24, 2.45) is 5.73 Å². The van der Waals surface area contributed by atoms with Gasteiger partial charge in [0, 0.05) is 13.1 Å². The second-order valence-corrected chi connectivity index (χ2v) is 6.11. The van der Waals surface area contributed by atoms with Gasteiger partial charge in [-0.2, -0.15) is 0 Å². The van der Waals surface area contributed by atoms with Gasteiger partial charge in [0.15, 0.2) is 0 Å². The van der Waals surface area contributed by atoms with Gasteiger partial charge in [-0.1, -0.05) is 0 Å². The van der Waals surface area contributed by atoms with Gasteiger partial charge in [-0.25, -0.2) is 0 Å². The molecule has 1 fully saturated rings. The monoisotopic (exact) mass is 286 g/mol. The zero-order chi connectivity index (χ0) is 15.2. The largest absolute Gasteiger partial charge is 0.465 e. The van der Waals surface area contributed by atoms with Crippen LogP contribution in [0.15, 0.2) is 0 Å². The molecule has 118 valence electrons. The summed E-state index contributed by atoms with van der Waals surface area (Å²) in [6.07, 6.45) is 3.26. The number of hydrogen-bond donors (Lipinski definition) is 1. The van der Waals surface area contributed by atoms with Gasteiger partial charge in [0.05, 0.1) is 18.8 Å². The van der Waals surface area contributed by atoms with Gasteiger partial charge >= 0.3 is 5.97 Å². The van der Waals surface area contributed by atoms with Crippen molar-refractivity contribution in [1.82, 2.24) is 4.90 Å². The van der Waals surface area contributed by atoms with E-state index in [1.54, 1.807) is 13.8 Å². The molecule has 0 bridgehead atoms. The van der Waals surface area contributed by atoms with Gasteiger partial charge in [0.1, 0.15) is 5.54 Å². The van der Waals surface area contributed by atoms with E-state index in [2.05, 4.69) is 18.7 Å². The van der Waals surface area contributed by atoms with Crippen LogP contribution in [0, 0.1) is 0 Å². The van der Waals surface area contributed by atoms with Crippen LogP contribution in [0.2, 0.25) is 0 Å². The Bertz CT molecular complexity index is 297. The Morgan fingerprint density at radius 3 is 2.50 bits per heavy atom. The van der Waals surface area contributed by atoms with Crippen molar-refractivity contribution in [3.05, 3.63) is 0 Å². The highest BCUT2D eigenvalue weighted by molar-refractivity contribution is 5.79. The molecule has 3 atom stereocenters. The van der Waals surface area contributed by atoms with E-state index < -0.39 is 5.54 Å². The zero-order valence-corrected chi connectivity index (χ0v) is 13.4. The third-order valence-corrected chi connectivity index (χ3v) is 3.66. The normalized spacial score (nSPS) is 27.1. The summed E-state index contributed by atoms with van der Waals surface area (Å²) in [7, 11) is 0. The quantitative estimate of drug-likeness (QED) is 0.568. The summed E-state index contributed by atoms with van der Waals surface area (Å²) >= 11 is 0. The first-order valence-corrected chi connectivity index (χ1v) is 7.69. The van der Waals surface area contributed by atoms with Gasteiger partial charge in [0.2, 0.25) is 0 Å². The Balaban J connectivity index is 2.22. The molecule has 1 saturated heterocycles. The lowest BCUT2D eigenvalue weighted by Gasteiger charge is -2.35. The molecule has 5 nitrogen and oxygen atoms in total. The van der Waals surface area contributed by atoms with Crippen LogP contribution in [-0.4, -0.2) is 54.9 Å². The van der Waals surface area contributed by atoms with E-state index in [4.69, 9.17) is 15.2 Å². The number of ether oxygens (including phenoxy) is 2. The molecule has 0 aromatic rings. The number of nitrogens with zero attached hydrogens (tertiary/aromatic N) is 1. The molecule has 1 unspecified atom stereocenters. The third kappa shape index (κ3) is 5.77. The van der Waals surface area contributed by atoms with Crippen molar-refractivity contribution in [2.75, 3.05) is 26.2 Å². The van der Waals surface area contributed by atoms with E-state index in [9.17, 15) is 4.79 Å². The second kappa shape index (κ2) is 7.96. The average Bonchev–Trinajstić information content (AvgIpc) is 2.34. The second-order valence-electron chi connectivity index (χ2n) is 6.11. The topological polar surface area (TPSA) is 64.8 Å². The molecule has 1 heterocycles. The molecule has 1 aliphatic rings. The van der Waals surface area contributed by atoms with Crippen molar-refractivity contribution in [1.29, 1.82) is 0 Å². The van der Waals surface area contributed by atoms with E-state index in [1.165, 1.54) is 0 Å². The molecule has 1 aliphatic heterocycles. The van der Waals surface area contributed by atoms with E-state index >= 15 is 0 Å². The first kappa shape index (κ1) is 17.4. The minimum Gasteiger partial charge on any atom is -0.465 e. The summed E-state index contributed by atoms with van der Waals surface area (Å²) in [5, 5.41) is 0. The standard InChI is InChI=1S/C15H30N2O3/c1-5-19-14(18)15(4,16)8-6-7-9-17-10-12(2)20-13(3)11-17/h12-13H,5-11,16H2,1-4H3/t12-,13+,15?. The molecule has 2 N–H and O–H groups in total. The Morgan fingerprint density at radius 1 is 1.35 bits per heavy atom. The molecule has 0 saturated carbocycles. The first-order valence-electron chi connectivity index (χ1n) is 7.69. The molecule has 0 aliphatic carbocycles. The lowest BCUT2D eigenvalue weighted by atomic mass is 9.96. The summed E-state index contributed by atoms with van der Waals surface area (Å²) in [4.78, 5) is 14.1. The number of nitrogens with two attached hydrogens (primary N) is 1. The fourth-order valence-electron chi connectivity index (χ4n) is 2.69. The minimum atomic E-state index is -0.860. The lowest BCUT2D eigenvalue weighted by Crippen LogP contribution is -2.47. The van der Waals surface area contributed by atoms with Crippen molar-refractivity contribution in [2.45, 2.75) is 64.7 Å². The summed E-state index contributed by atoms with van der Waals surface area (Å²) in [6.45, 7) is 11.2. The Kier molecular flexibility index (Phi) is 6.92. The zero-order valence-electron chi connectivity index (χ0n) is 13.4. The number of esters is 1. The van der Waals surface area contributed by atoms with Gasteiger partial charge in [0.25, 0.3) is 0 Å². The number of carbonyl (C=O) groups is 1. The molecule has 0 amide bonds. The van der Waals surface area contributed by atoms with Crippen LogP contribution in [0.1, 0.15) is 47.0 Å². The molecule has 5 heteroatoms. The van der Waals surface area contributed by atoms with Crippen molar-refractivity contribution < 1.29 is 14.3 Å². The number of hydrogen-bond acceptors (Lipinski definition) is 5. The first-order chi connectivity index (χ1) is 9.35. The summed E-state index contributed by atoms with van der Waals surface area (Å²) in [5.41, 5.74) is 5.14. The van der Waals surface area contributed by atoms with E-state index in [0.717, 1.165) is 32.5 Å². The van der Waals surface area contributed by atoms with Crippen molar-refractivity contribution in [3.63, 3.8) is 0 Å². The molecular weight excluding hydrogens is 256 g/mol. The van der Waals surface area contributed by atoms with Crippen LogP contribution >= 0.6 is 0 Å². The number of rotatable bonds is 7. The van der Waals surface area contributed by atoms with E-state index in [1.807, 2.05) is 0 Å². The molecular formula is C15H30N2O3. The maximum Gasteiger partial charge on any atom is 0.325 e. The van der Waals surface area contributed by atoms with E-state index in [-0.39, 0.29) is 5.97 Å². The SMILES string of the molecule is CCOC(=O)C(C)(N)CCCCN1C[C@@H](C)O[C@@H](C)C1. The molecule has 20 heavy (non-hydrogen) atoms. The van der Waals surface area contributed by atoms with Crippen LogP contribution in [0.25, 0.3) is 0 Å². The Morgan fingerprint density at radius 2 is 1.95 bits per heavy atom. The predicted octanol–water partition coefficient (Wildman–Crippen LogP) is 1.55.